The molecular formula is C13H13N2O2S+. The van der Waals surface area contributed by atoms with Crippen molar-refractivity contribution in [2.75, 3.05) is 5.94 Å². The highest BCUT2D eigenvalue weighted by Crippen LogP contribution is 2.00. The van der Waals surface area contributed by atoms with E-state index in [1.807, 2.05) is 30.3 Å². The standard InChI is InChI=1S/C13H12N2O2S/c16-13(17-10-18)12-8-14-6-7-15(12)9-11-4-2-1-3-5-11/h1-8H,9-10H2/p+1. The number of benzene rings is 1. The number of nitrogens with zero attached hydrogens (tertiary/aromatic N) is 2. The summed E-state index contributed by atoms with van der Waals surface area (Å²) >= 11 is 3.87. The third-order valence-corrected chi connectivity index (χ3v) is 2.57. The van der Waals surface area contributed by atoms with E-state index in [0.29, 0.717) is 12.2 Å². The topological polar surface area (TPSA) is 43.1 Å². The molecule has 0 spiro atoms. The van der Waals surface area contributed by atoms with Crippen molar-refractivity contribution >= 4 is 18.6 Å². The van der Waals surface area contributed by atoms with Gasteiger partial charge in [-0.3, -0.25) is 4.98 Å². The molecule has 0 aliphatic heterocycles. The van der Waals surface area contributed by atoms with E-state index in [1.54, 1.807) is 17.0 Å². The maximum atomic E-state index is 11.7. The number of aromatic nitrogens is 2. The Kier molecular flexibility index (Phi) is 4.30. The first kappa shape index (κ1) is 12.6. The second-order valence-corrected chi connectivity index (χ2v) is 3.89. The minimum Gasteiger partial charge on any atom is -0.447 e. The largest absolute Gasteiger partial charge is 0.447 e. The fourth-order valence-corrected chi connectivity index (χ4v) is 1.72. The molecule has 2 rings (SSSR count). The molecule has 0 saturated heterocycles. The van der Waals surface area contributed by atoms with E-state index in [-0.39, 0.29) is 5.94 Å². The molecule has 0 unspecified atom stereocenters. The molecule has 4 nitrogen and oxygen atoms in total. The van der Waals surface area contributed by atoms with Crippen LogP contribution in [0.4, 0.5) is 0 Å². The molecule has 1 aromatic heterocycles. The summed E-state index contributed by atoms with van der Waals surface area (Å²) in [4.78, 5) is 15.7. The molecule has 1 aromatic carbocycles. The first-order valence-electron chi connectivity index (χ1n) is 5.46. The molecular weight excluding hydrogens is 248 g/mol. The number of carbonyl (C=O) groups excluding carboxylic acids is 1. The van der Waals surface area contributed by atoms with Gasteiger partial charge in [-0.25, -0.2) is 4.79 Å². The summed E-state index contributed by atoms with van der Waals surface area (Å²) in [7, 11) is 0. The zero-order chi connectivity index (χ0) is 12.8. The van der Waals surface area contributed by atoms with Crippen LogP contribution in [-0.2, 0) is 11.3 Å². The van der Waals surface area contributed by atoms with Gasteiger partial charge in [0.15, 0.2) is 12.7 Å². The van der Waals surface area contributed by atoms with E-state index >= 15 is 0 Å². The third-order valence-electron chi connectivity index (χ3n) is 2.44. The average molecular weight is 261 g/mol. The molecule has 0 aliphatic rings. The minimum atomic E-state index is -0.422. The molecule has 0 radical (unpaired) electrons. The first-order valence-corrected chi connectivity index (χ1v) is 6.10. The summed E-state index contributed by atoms with van der Waals surface area (Å²) in [6.07, 6.45) is 4.89. The quantitative estimate of drug-likeness (QED) is 0.392. The van der Waals surface area contributed by atoms with Gasteiger partial charge in [0, 0.05) is 5.56 Å². The Hall–Kier alpha value is -1.88. The Balaban J connectivity index is 2.25. The fourth-order valence-electron chi connectivity index (χ4n) is 1.61. The molecule has 1 heterocycles. The fraction of sp³-hybridized carbons (Fsp3) is 0.154. The van der Waals surface area contributed by atoms with Crippen molar-refractivity contribution in [2.45, 2.75) is 6.54 Å². The van der Waals surface area contributed by atoms with Gasteiger partial charge in [0.2, 0.25) is 0 Å². The average Bonchev–Trinajstić information content (AvgIpc) is 2.41. The predicted octanol–water partition coefficient (Wildman–Crippen LogP) is 1.46. The van der Waals surface area contributed by atoms with Gasteiger partial charge in [-0.15, -0.1) is 12.6 Å². The molecule has 0 aliphatic carbocycles. The van der Waals surface area contributed by atoms with E-state index in [4.69, 9.17) is 4.74 Å². The van der Waals surface area contributed by atoms with E-state index in [2.05, 4.69) is 17.6 Å². The number of esters is 1. The van der Waals surface area contributed by atoms with Crippen LogP contribution < -0.4 is 4.57 Å². The predicted molar refractivity (Wildman–Crippen MR) is 69.2 cm³/mol. The first-order chi connectivity index (χ1) is 8.81. The lowest BCUT2D eigenvalue weighted by molar-refractivity contribution is -0.691. The number of hydrogen-bond acceptors (Lipinski definition) is 4. The van der Waals surface area contributed by atoms with E-state index in [9.17, 15) is 4.79 Å². The maximum Gasteiger partial charge on any atom is 0.406 e. The number of hydrogen-bond donors (Lipinski definition) is 1. The molecule has 0 saturated carbocycles. The van der Waals surface area contributed by atoms with Crippen molar-refractivity contribution in [3.8, 4) is 0 Å². The van der Waals surface area contributed by atoms with Crippen molar-refractivity contribution in [2.24, 2.45) is 0 Å². The molecule has 0 bridgehead atoms. The summed E-state index contributed by atoms with van der Waals surface area (Å²) in [6, 6.07) is 9.88. The summed E-state index contributed by atoms with van der Waals surface area (Å²) in [5.41, 5.74) is 1.52. The van der Waals surface area contributed by atoms with Crippen LogP contribution >= 0.6 is 12.6 Å². The zero-order valence-corrected chi connectivity index (χ0v) is 10.6. The molecule has 0 N–H and O–H groups in total. The van der Waals surface area contributed by atoms with E-state index < -0.39 is 5.97 Å². The van der Waals surface area contributed by atoms with Gasteiger partial charge in [0.25, 0.3) is 0 Å². The van der Waals surface area contributed by atoms with Gasteiger partial charge in [0.05, 0.1) is 6.20 Å². The highest BCUT2D eigenvalue weighted by molar-refractivity contribution is 7.80. The Morgan fingerprint density at radius 1 is 1.33 bits per heavy atom. The molecule has 0 atom stereocenters. The Morgan fingerprint density at radius 2 is 2.11 bits per heavy atom. The van der Waals surface area contributed by atoms with Crippen LogP contribution in [0.5, 0.6) is 0 Å². The van der Waals surface area contributed by atoms with Crippen molar-refractivity contribution < 1.29 is 14.1 Å². The second kappa shape index (κ2) is 6.16. The van der Waals surface area contributed by atoms with Crippen molar-refractivity contribution in [3.63, 3.8) is 0 Å². The van der Waals surface area contributed by atoms with Gasteiger partial charge in [-0.1, -0.05) is 30.3 Å². The highest BCUT2D eigenvalue weighted by atomic mass is 32.1. The number of carbonyl (C=O) groups is 1. The Bertz CT molecular complexity index is 532. The van der Waals surface area contributed by atoms with Gasteiger partial charge in [0.1, 0.15) is 12.1 Å². The van der Waals surface area contributed by atoms with Gasteiger partial charge in [-0.2, -0.15) is 4.57 Å². The molecule has 18 heavy (non-hydrogen) atoms. The SMILES string of the molecule is O=C(OCS)c1cncc[n+]1Cc1ccccc1. The van der Waals surface area contributed by atoms with Crippen molar-refractivity contribution in [1.29, 1.82) is 0 Å². The van der Waals surface area contributed by atoms with Crippen LogP contribution in [0.25, 0.3) is 0 Å². The molecule has 2 aromatic rings. The monoisotopic (exact) mass is 261 g/mol. The van der Waals surface area contributed by atoms with Gasteiger partial charge >= 0.3 is 11.7 Å². The third kappa shape index (κ3) is 3.07. The van der Waals surface area contributed by atoms with Crippen LogP contribution in [0.1, 0.15) is 16.1 Å². The number of ether oxygens (including phenoxy) is 1. The van der Waals surface area contributed by atoms with Crippen LogP contribution in [0.2, 0.25) is 0 Å². The smallest absolute Gasteiger partial charge is 0.406 e. The summed E-state index contributed by atoms with van der Waals surface area (Å²) < 4.78 is 6.67. The van der Waals surface area contributed by atoms with Crippen LogP contribution in [0, 0.1) is 0 Å². The second-order valence-electron chi connectivity index (χ2n) is 3.64. The van der Waals surface area contributed by atoms with Gasteiger partial charge in [-0.05, 0) is 0 Å². The van der Waals surface area contributed by atoms with Crippen LogP contribution in [-0.4, -0.2) is 16.9 Å². The number of thiol groups is 1. The highest BCUT2D eigenvalue weighted by Gasteiger charge is 2.20. The van der Waals surface area contributed by atoms with Crippen molar-refractivity contribution in [1.82, 2.24) is 4.98 Å². The Labute approximate surface area is 111 Å². The Morgan fingerprint density at radius 3 is 2.83 bits per heavy atom. The lowest BCUT2D eigenvalue weighted by Crippen LogP contribution is -2.41. The maximum absolute atomic E-state index is 11.7. The van der Waals surface area contributed by atoms with Crippen LogP contribution in [0.15, 0.2) is 48.9 Å². The molecule has 0 fully saturated rings. The van der Waals surface area contributed by atoms with Crippen LogP contribution in [0.3, 0.4) is 0 Å². The van der Waals surface area contributed by atoms with Gasteiger partial charge < -0.3 is 4.74 Å². The summed E-state index contributed by atoms with van der Waals surface area (Å²) in [5, 5.41) is 0. The lowest BCUT2D eigenvalue weighted by Gasteiger charge is -2.02. The summed E-state index contributed by atoms with van der Waals surface area (Å²) in [5.74, 6) is -0.368. The molecule has 5 heteroatoms. The lowest BCUT2D eigenvalue weighted by atomic mass is 10.2. The van der Waals surface area contributed by atoms with E-state index in [1.165, 1.54) is 6.20 Å². The summed E-state index contributed by atoms with van der Waals surface area (Å²) in [6.45, 7) is 0.598. The minimum absolute atomic E-state index is 0.0546. The molecule has 0 amide bonds. The molecule has 92 valence electrons. The number of rotatable bonds is 4. The zero-order valence-electron chi connectivity index (χ0n) is 9.69. The normalized spacial score (nSPS) is 10.1. The van der Waals surface area contributed by atoms with Crippen molar-refractivity contribution in [3.05, 3.63) is 60.2 Å². The van der Waals surface area contributed by atoms with E-state index in [0.717, 1.165) is 5.56 Å².